The van der Waals surface area contributed by atoms with E-state index in [1.807, 2.05) is 0 Å². The van der Waals surface area contributed by atoms with Crippen molar-refractivity contribution >= 4 is 29.4 Å². The summed E-state index contributed by atoms with van der Waals surface area (Å²) < 4.78 is 10.2. The maximum atomic E-state index is 12.4. The molecule has 1 amide bonds. The summed E-state index contributed by atoms with van der Waals surface area (Å²) in [7, 11) is 1.28. The Balaban J connectivity index is 2.14. The van der Waals surface area contributed by atoms with Crippen LogP contribution in [0.2, 0.25) is 5.02 Å². The number of benzene rings is 1. The monoisotopic (exact) mass is 370 g/mol. The second kappa shape index (κ2) is 7.39. The summed E-state index contributed by atoms with van der Waals surface area (Å²) in [6.45, 7) is 5.53. The topological polar surface area (TPSA) is 88.1 Å². The Hall–Kier alpha value is -2.15. The molecule has 1 aliphatic rings. The van der Waals surface area contributed by atoms with Gasteiger partial charge in [-0.2, -0.15) is 0 Å². The van der Waals surface area contributed by atoms with Crippen molar-refractivity contribution in [2.24, 2.45) is 0 Å². The van der Waals surface area contributed by atoms with E-state index in [1.165, 1.54) is 18.1 Å². The van der Waals surface area contributed by atoms with Crippen LogP contribution in [0.4, 0.5) is 10.5 Å². The molecule has 1 fully saturated rings. The number of hydrogen-bond acceptors (Lipinski definition) is 6. The number of ether oxygens (including phenoxy) is 2. The highest BCUT2D eigenvalue weighted by atomic mass is 35.5. The molecule has 2 atom stereocenters. The van der Waals surface area contributed by atoms with Crippen molar-refractivity contribution in [3.8, 4) is 5.75 Å². The van der Waals surface area contributed by atoms with Crippen molar-refractivity contribution < 1.29 is 24.2 Å². The lowest BCUT2D eigenvalue weighted by atomic mass is 10.1. The van der Waals surface area contributed by atoms with Crippen LogP contribution in [0, 0.1) is 0 Å². The number of amides is 1. The minimum absolute atomic E-state index is 0.00200. The normalized spacial score (nSPS) is 20.3. The molecule has 0 radical (unpaired) electrons. The van der Waals surface area contributed by atoms with E-state index < -0.39 is 23.7 Å². The molecule has 1 aromatic rings. The maximum absolute atomic E-state index is 12.4. The Bertz CT molecular complexity index is 659. The number of phenols is 1. The number of likely N-dealkylation sites (tertiary alicyclic amines) is 1. The minimum atomic E-state index is -0.744. The van der Waals surface area contributed by atoms with Crippen LogP contribution in [0.3, 0.4) is 0 Å². The lowest BCUT2D eigenvalue weighted by Crippen LogP contribution is -2.44. The second-order valence-electron chi connectivity index (χ2n) is 6.91. The zero-order valence-electron chi connectivity index (χ0n) is 14.7. The number of anilines is 1. The number of hydrogen-bond donors (Lipinski definition) is 2. The fourth-order valence-corrected chi connectivity index (χ4v) is 2.84. The molecule has 1 heterocycles. The smallest absolute Gasteiger partial charge is 0.411 e. The molecule has 0 bridgehead atoms. The number of esters is 1. The highest BCUT2D eigenvalue weighted by Crippen LogP contribution is 2.30. The first kappa shape index (κ1) is 19.2. The molecular formula is C17H23ClN2O5. The van der Waals surface area contributed by atoms with E-state index in [-0.39, 0.29) is 18.3 Å². The lowest BCUT2D eigenvalue weighted by molar-refractivity contribution is -0.145. The van der Waals surface area contributed by atoms with Gasteiger partial charge in [-0.1, -0.05) is 11.6 Å². The van der Waals surface area contributed by atoms with Gasteiger partial charge in [-0.05, 0) is 32.9 Å². The lowest BCUT2D eigenvalue weighted by Gasteiger charge is -2.27. The number of methoxy groups -OCH3 is 1. The molecule has 1 saturated heterocycles. The van der Waals surface area contributed by atoms with Crippen molar-refractivity contribution in [3.05, 3.63) is 23.2 Å². The molecule has 8 heteroatoms. The zero-order chi connectivity index (χ0) is 18.8. The van der Waals surface area contributed by atoms with Crippen LogP contribution in [-0.4, -0.2) is 53.4 Å². The van der Waals surface area contributed by atoms with Crippen molar-refractivity contribution in [1.82, 2.24) is 4.90 Å². The SMILES string of the molecule is COC(=O)[C@H]1C[C@H](Nc2ccc(Cl)cc2O)CN1C(=O)OC(C)(C)C. The molecular weight excluding hydrogens is 348 g/mol. The Morgan fingerprint density at radius 1 is 1.36 bits per heavy atom. The van der Waals surface area contributed by atoms with Gasteiger partial charge in [0, 0.05) is 30.1 Å². The summed E-state index contributed by atoms with van der Waals surface area (Å²) in [5, 5.41) is 13.5. The Morgan fingerprint density at radius 3 is 2.60 bits per heavy atom. The van der Waals surface area contributed by atoms with E-state index >= 15 is 0 Å². The number of nitrogens with one attached hydrogen (secondary N) is 1. The third-order valence-corrected chi connectivity index (χ3v) is 3.96. The van der Waals surface area contributed by atoms with Crippen LogP contribution in [0.1, 0.15) is 27.2 Å². The number of aromatic hydroxyl groups is 1. The number of phenolic OH excluding ortho intramolecular Hbond substituents is 1. The molecule has 0 saturated carbocycles. The third kappa shape index (κ3) is 4.92. The average Bonchev–Trinajstić information content (AvgIpc) is 2.92. The Kier molecular flexibility index (Phi) is 5.67. The molecule has 1 aromatic carbocycles. The van der Waals surface area contributed by atoms with E-state index in [0.717, 1.165) is 0 Å². The van der Waals surface area contributed by atoms with Gasteiger partial charge in [0.1, 0.15) is 17.4 Å². The summed E-state index contributed by atoms with van der Waals surface area (Å²) in [5.74, 6) is -0.506. The Morgan fingerprint density at radius 2 is 2.04 bits per heavy atom. The van der Waals surface area contributed by atoms with Crippen LogP contribution in [0.15, 0.2) is 18.2 Å². The van der Waals surface area contributed by atoms with Crippen molar-refractivity contribution in [2.45, 2.75) is 44.9 Å². The third-order valence-electron chi connectivity index (χ3n) is 3.72. The fourth-order valence-electron chi connectivity index (χ4n) is 2.67. The zero-order valence-corrected chi connectivity index (χ0v) is 15.5. The predicted molar refractivity (Wildman–Crippen MR) is 93.9 cm³/mol. The van der Waals surface area contributed by atoms with Gasteiger partial charge in [-0.15, -0.1) is 0 Å². The van der Waals surface area contributed by atoms with Crippen molar-refractivity contribution in [2.75, 3.05) is 19.0 Å². The van der Waals surface area contributed by atoms with Crippen LogP contribution in [-0.2, 0) is 14.3 Å². The van der Waals surface area contributed by atoms with E-state index in [2.05, 4.69) is 5.32 Å². The number of rotatable bonds is 3. The molecule has 7 nitrogen and oxygen atoms in total. The quantitative estimate of drug-likeness (QED) is 0.628. The summed E-state index contributed by atoms with van der Waals surface area (Å²) in [4.78, 5) is 25.8. The van der Waals surface area contributed by atoms with Gasteiger partial charge in [0.2, 0.25) is 0 Å². The standard InChI is InChI=1S/C17H23ClN2O5/c1-17(2,3)25-16(23)20-9-11(8-13(20)15(22)24-4)19-12-6-5-10(18)7-14(12)21/h5-7,11,13,19,21H,8-9H2,1-4H3/t11-,13+/m0/s1. The van der Waals surface area contributed by atoms with Crippen LogP contribution in [0.25, 0.3) is 0 Å². The molecule has 138 valence electrons. The Labute approximate surface area is 151 Å². The number of halogens is 1. The summed E-state index contributed by atoms with van der Waals surface area (Å²) in [6.07, 6.45) is -0.235. The van der Waals surface area contributed by atoms with Crippen LogP contribution >= 0.6 is 11.6 Å². The molecule has 0 spiro atoms. The molecule has 0 aromatic heterocycles. The summed E-state index contributed by atoms with van der Waals surface area (Å²) >= 11 is 5.82. The highest BCUT2D eigenvalue weighted by Gasteiger charge is 2.42. The number of carbonyl (C=O) groups excluding carboxylic acids is 2. The van der Waals surface area contributed by atoms with Gasteiger partial charge in [0.05, 0.1) is 12.8 Å². The van der Waals surface area contributed by atoms with Gasteiger partial charge in [0.15, 0.2) is 0 Å². The first-order valence-electron chi connectivity index (χ1n) is 7.93. The molecule has 25 heavy (non-hydrogen) atoms. The number of carbonyl (C=O) groups is 2. The van der Waals surface area contributed by atoms with E-state index in [0.29, 0.717) is 17.1 Å². The average molecular weight is 371 g/mol. The molecule has 0 unspecified atom stereocenters. The molecule has 2 N–H and O–H groups in total. The predicted octanol–water partition coefficient (Wildman–Crippen LogP) is 3.01. The molecule has 0 aliphatic carbocycles. The minimum Gasteiger partial charge on any atom is -0.506 e. The van der Waals surface area contributed by atoms with Crippen molar-refractivity contribution in [1.29, 1.82) is 0 Å². The van der Waals surface area contributed by atoms with Gasteiger partial charge in [-0.25, -0.2) is 9.59 Å². The van der Waals surface area contributed by atoms with Crippen LogP contribution < -0.4 is 5.32 Å². The molecule has 1 aliphatic heterocycles. The molecule has 2 rings (SSSR count). The first-order chi connectivity index (χ1) is 11.6. The van der Waals surface area contributed by atoms with Gasteiger partial charge in [0.25, 0.3) is 0 Å². The highest BCUT2D eigenvalue weighted by molar-refractivity contribution is 6.30. The second-order valence-corrected chi connectivity index (χ2v) is 7.35. The van der Waals surface area contributed by atoms with Crippen molar-refractivity contribution in [3.63, 3.8) is 0 Å². The van der Waals surface area contributed by atoms with E-state index in [4.69, 9.17) is 21.1 Å². The van der Waals surface area contributed by atoms with E-state index in [9.17, 15) is 14.7 Å². The summed E-state index contributed by atoms with van der Waals surface area (Å²) in [6, 6.07) is 3.71. The van der Waals surface area contributed by atoms with Crippen LogP contribution in [0.5, 0.6) is 5.75 Å². The van der Waals surface area contributed by atoms with Gasteiger partial charge in [-0.3, -0.25) is 4.90 Å². The summed E-state index contributed by atoms with van der Waals surface area (Å²) in [5.41, 5.74) is -0.193. The maximum Gasteiger partial charge on any atom is 0.411 e. The fraction of sp³-hybridized carbons (Fsp3) is 0.529. The van der Waals surface area contributed by atoms with Gasteiger partial charge >= 0.3 is 12.1 Å². The largest absolute Gasteiger partial charge is 0.506 e. The van der Waals surface area contributed by atoms with E-state index in [1.54, 1.807) is 32.9 Å². The first-order valence-corrected chi connectivity index (χ1v) is 8.31. The van der Waals surface area contributed by atoms with Gasteiger partial charge < -0.3 is 19.9 Å². The number of nitrogens with zero attached hydrogens (tertiary/aromatic N) is 1.